The van der Waals surface area contributed by atoms with Crippen molar-refractivity contribution in [3.05, 3.63) is 58.8 Å². The van der Waals surface area contributed by atoms with Crippen LogP contribution in [0.1, 0.15) is 57.2 Å². The first kappa shape index (κ1) is 25.2. The highest BCUT2D eigenvalue weighted by atomic mass is 32.2. The third-order valence-electron chi connectivity index (χ3n) is 6.60. The van der Waals surface area contributed by atoms with E-state index in [1.54, 1.807) is 0 Å². The summed E-state index contributed by atoms with van der Waals surface area (Å²) in [5.41, 5.74) is 2.70. The molecule has 2 aromatic carbocycles. The van der Waals surface area contributed by atoms with Crippen LogP contribution in [-0.4, -0.2) is 23.8 Å². The summed E-state index contributed by atoms with van der Waals surface area (Å²) in [5, 5.41) is -1.01. The Morgan fingerprint density at radius 2 is 1.63 bits per heavy atom. The summed E-state index contributed by atoms with van der Waals surface area (Å²) in [4.78, 5) is 27.0. The zero-order valence-electron chi connectivity index (χ0n) is 20.1. The average Bonchev–Trinajstić information content (AvgIpc) is 3.02. The van der Waals surface area contributed by atoms with Crippen molar-refractivity contribution in [1.82, 2.24) is 0 Å². The Morgan fingerprint density at radius 3 is 2.23 bits per heavy atom. The number of carbonyl (C=O) groups excluding carboxylic acids is 2. The Bertz CT molecular complexity index is 1230. The second-order valence-electron chi connectivity index (χ2n) is 9.98. The highest BCUT2D eigenvalue weighted by molar-refractivity contribution is 8.27. The highest BCUT2D eigenvalue weighted by Gasteiger charge is 2.42. The van der Waals surface area contributed by atoms with E-state index in [-0.39, 0.29) is 22.1 Å². The number of alkyl halides is 3. The molecule has 35 heavy (non-hydrogen) atoms. The van der Waals surface area contributed by atoms with Gasteiger partial charge in [-0.15, -0.1) is 13.2 Å². The van der Waals surface area contributed by atoms with Crippen LogP contribution in [0.15, 0.2) is 42.1 Å². The maximum absolute atomic E-state index is 13.0. The largest absolute Gasteiger partial charge is 0.573 e. The fourth-order valence-corrected chi connectivity index (χ4v) is 5.30. The summed E-state index contributed by atoms with van der Waals surface area (Å²) < 4.78 is 47.6. The molecule has 5 nitrogen and oxygen atoms in total. The maximum atomic E-state index is 13.0. The first-order valence-corrected chi connectivity index (χ1v) is 11.9. The summed E-state index contributed by atoms with van der Waals surface area (Å²) in [6.45, 7) is 8.63. The van der Waals surface area contributed by atoms with Crippen LogP contribution in [0.2, 0.25) is 0 Å². The predicted molar refractivity (Wildman–Crippen MR) is 130 cm³/mol. The number of fused-ring (bicyclic) bond motifs is 1. The number of anilines is 1. The molecule has 2 aliphatic rings. The molecule has 1 aliphatic carbocycles. The number of nitrogens with zero attached hydrogens (tertiary/aromatic N) is 1. The Labute approximate surface area is 206 Å². The average molecular weight is 506 g/mol. The number of hydrogen-bond acceptors (Lipinski definition) is 5. The lowest BCUT2D eigenvalue weighted by Gasteiger charge is -2.42. The number of hydrogen-bond donors (Lipinski definition) is 0. The summed E-state index contributed by atoms with van der Waals surface area (Å²) in [6.07, 6.45) is -1.51. The van der Waals surface area contributed by atoms with E-state index in [9.17, 15) is 22.8 Å². The van der Waals surface area contributed by atoms with Gasteiger partial charge in [-0.05, 0) is 70.7 Å². The molecular weight excluding hydrogens is 479 g/mol. The van der Waals surface area contributed by atoms with Crippen molar-refractivity contribution in [1.29, 1.82) is 0 Å². The number of benzene rings is 2. The van der Waals surface area contributed by atoms with E-state index < -0.39 is 22.5 Å². The SMILES string of the molecule is COc1cc2c(cc1N1C(=O)SC(=O)C1=Cc1cccc(OC(F)(F)F)c1)C(C)(C)CCC2(C)C. The van der Waals surface area contributed by atoms with Crippen LogP contribution in [0.25, 0.3) is 6.08 Å². The lowest BCUT2D eigenvalue weighted by Crippen LogP contribution is -2.34. The molecular formula is C26H26F3NO4S. The third kappa shape index (κ3) is 4.91. The molecule has 0 saturated carbocycles. The van der Waals surface area contributed by atoms with E-state index in [4.69, 9.17) is 4.74 Å². The molecule has 0 aromatic heterocycles. The summed E-state index contributed by atoms with van der Waals surface area (Å²) in [7, 11) is 1.50. The lowest BCUT2D eigenvalue weighted by molar-refractivity contribution is -0.274. The number of halogens is 3. The van der Waals surface area contributed by atoms with Crippen LogP contribution < -0.4 is 14.4 Å². The van der Waals surface area contributed by atoms with Gasteiger partial charge < -0.3 is 9.47 Å². The normalized spacial score (nSPS) is 20.2. The van der Waals surface area contributed by atoms with Crippen molar-refractivity contribution in [2.24, 2.45) is 0 Å². The van der Waals surface area contributed by atoms with Crippen molar-refractivity contribution < 1.29 is 32.2 Å². The maximum Gasteiger partial charge on any atom is 0.573 e. The molecule has 2 aromatic rings. The van der Waals surface area contributed by atoms with Crippen molar-refractivity contribution in [3.8, 4) is 11.5 Å². The lowest BCUT2D eigenvalue weighted by atomic mass is 9.63. The fourth-order valence-electron chi connectivity index (χ4n) is 4.60. The third-order valence-corrected chi connectivity index (χ3v) is 7.35. The standard InChI is InChI=1S/C26H26F3NO4S/c1-24(2)9-10-25(3,4)18-14-21(33-5)19(13-17(18)24)30-20(22(31)35-23(30)32)12-15-7-6-8-16(11-15)34-26(27,28)29/h6-8,11-14H,9-10H2,1-5H3. The van der Waals surface area contributed by atoms with Crippen molar-refractivity contribution in [2.75, 3.05) is 12.0 Å². The first-order valence-electron chi connectivity index (χ1n) is 11.1. The van der Waals surface area contributed by atoms with Crippen LogP contribution >= 0.6 is 11.8 Å². The van der Waals surface area contributed by atoms with Crippen LogP contribution in [0.3, 0.4) is 0 Å². The van der Waals surface area contributed by atoms with E-state index >= 15 is 0 Å². The van der Waals surface area contributed by atoms with Gasteiger partial charge >= 0.3 is 6.36 Å². The van der Waals surface area contributed by atoms with Crippen LogP contribution in [0.5, 0.6) is 11.5 Å². The minimum atomic E-state index is -4.84. The number of rotatable bonds is 4. The van der Waals surface area contributed by atoms with E-state index in [0.29, 0.717) is 23.2 Å². The molecule has 1 saturated heterocycles. The Kier molecular flexibility index (Phi) is 6.20. The molecule has 0 spiro atoms. The summed E-state index contributed by atoms with van der Waals surface area (Å²) in [5.74, 6) is 0.0244. The first-order chi connectivity index (χ1) is 16.2. The number of methoxy groups -OCH3 is 1. The fraction of sp³-hybridized carbons (Fsp3) is 0.385. The number of ether oxygens (including phenoxy) is 2. The predicted octanol–water partition coefficient (Wildman–Crippen LogP) is 7.18. The molecule has 0 N–H and O–H groups in total. The van der Waals surface area contributed by atoms with Gasteiger partial charge in [-0.1, -0.05) is 39.8 Å². The van der Waals surface area contributed by atoms with Crippen molar-refractivity contribution >= 4 is 33.9 Å². The molecule has 0 bridgehead atoms. The Morgan fingerprint density at radius 1 is 1.00 bits per heavy atom. The highest BCUT2D eigenvalue weighted by Crippen LogP contribution is 2.50. The second-order valence-corrected chi connectivity index (χ2v) is 10.9. The molecule has 0 atom stereocenters. The minimum Gasteiger partial charge on any atom is -0.495 e. The number of amides is 1. The number of carbonyl (C=O) groups is 2. The van der Waals surface area contributed by atoms with Crippen LogP contribution in [0, 0.1) is 0 Å². The van der Waals surface area contributed by atoms with Crippen LogP contribution in [0.4, 0.5) is 23.7 Å². The topological polar surface area (TPSA) is 55.8 Å². The van der Waals surface area contributed by atoms with Crippen LogP contribution in [-0.2, 0) is 15.6 Å². The van der Waals surface area contributed by atoms with Gasteiger partial charge in [0.2, 0.25) is 5.12 Å². The molecule has 0 radical (unpaired) electrons. The minimum absolute atomic E-state index is 0.0373. The van der Waals surface area contributed by atoms with Gasteiger partial charge in [0, 0.05) is 11.8 Å². The smallest absolute Gasteiger partial charge is 0.495 e. The van der Waals surface area contributed by atoms with E-state index in [0.717, 1.165) is 30.0 Å². The van der Waals surface area contributed by atoms with Gasteiger partial charge in [-0.3, -0.25) is 14.5 Å². The molecule has 0 unspecified atom stereocenters. The summed E-state index contributed by atoms with van der Waals surface area (Å²) in [6, 6.07) is 9.08. The molecule has 1 amide bonds. The van der Waals surface area contributed by atoms with E-state index in [2.05, 4.69) is 32.4 Å². The molecule has 1 aliphatic heterocycles. The van der Waals surface area contributed by atoms with Gasteiger partial charge in [0.15, 0.2) is 0 Å². The quantitative estimate of drug-likeness (QED) is 0.412. The van der Waals surface area contributed by atoms with Gasteiger partial charge in [0.1, 0.15) is 17.2 Å². The van der Waals surface area contributed by atoms with Crippen molar-refractivity contribution in [3.63, 3.8) is 0 Å². The molecule has 1 fully saturated rings. The van der Waals surface area contributed by atoms with E-state index in [1.165, 1.54) is 36.3 Å². The van der Waals surface area contributed by atoms with E-state index in [1.807, 2.05) is 12.1 Å². The van der Waals surface area contributed by atoms with Gasteiger partial charge in [0.05, 0.1) is 12.8 Å². The monoisotopic (exact) mass is 505 g/mol. The Hall–Kier alpha value is -2.94. The Balaban J connectivity index is 1.84. The molecule has 186 valence electrons. The van der Waals surface area contributed by atoms with Gasteiger partial charge in [-0.25, -0.2) is 0 Å². The van der Waals surface area contributed by atoms with Crippen molar-refractivity contribution in [2.45, 2.75) is 57.7 Å². The zero-order chi connectivity index (χ0) is 25.8. The van der Waals surface area contributed by atoms with Gasteiger partial charge in [-0.2, -0.15) is 0 Å². The second kappa shape index (κ2) is 8.62. The van der Waals surface area contributed by atoms with Gasteiger partial charge in [0.25, 0.3) is 5.24 Å². The summed E-state index contributed by atoms with van der Waals surface area (Å²) >= 11 is 0.534. The number of thioether (sulfide) groups is 1. The molecule has 9 heteroatoms. The zero-order valence-corrected chi connectivity index (χ0v) is 20.9. The molecule has 4 rings (SSSR count). The molecule has 1 heterocycles.